The number of hydrogen-bond acceptors (Lipinski definition) is 3. The van der Waals surface area contributed by atoms with Crippen LogP contribution in [0.15, 0.2) is 36.4 Å². The van der Waals surface area contributed by atoms with Gasteiger partial charge < -0.3 is 9.05 Å². The Bertz CT molecular complexity index is 873. The molecule has 2 rings (SSSR count). The van der Waals surface area contributed by atoms with Gasteiger partial charge in [0.15, 0.2) is 0 Å². The molecule has 0 atom stereocenters. The molecule has 184 valence electrons. The first kappa shape index (κ1) is 27.7. The maximum absolute atomic E-state index is 6.38. The average molecular weight is 473 g/mol. The second-order valence-corrected chi connectivity index (χ2v) is 14.2. The minimum absolute atomic E-state index is 0.0669. The van der Waals surface area contributed by atoms with Gasteiger partial charge in [-0.1, -0.05) is 107 Å². The third-order valence-corrected chi connectivity index (χ3v) is 6.79. The Labute approximate surface area is 204 Å². The zero-order valence-corrected chi connectivity index (χ0v) is 24.0. The number of hydrogen-bond donors (Lipinski definition) is 0. The molecular formula is C29H45O3P. The molecule has 0 heterocycles. The van der Waals surface area contributed by atoms with E-state index in [1.54, 1.807) is 7.11 Å². The summed E-state index contributed by atoms with van der Waals surface area (Å²) in [7, 11) is 0.0319. The quantitative estimate of drug-likeness (QED) is 0.406. The molecule has 0 aliphatic carbocycles. The molecule has 0 fully saturated rings. The summed E-state index contributed by atoms with van der Waals surface area (Å²) in [6.45, 7) is 26.6. The lowest BCUT2D eigenvalue weighted by Crippen LogP contribution is -2.18. The summed E-state index contributed by atoms with van der Waals surface area (Å²) in [6, 6.07) is 12.9. The summed E-state index contributed by atoms with van der Waals surface area (Å²) >= 11 is 0. The SMILES string of the molecule is COP(Oc1ccc(C(C)(C)C)cc1C(C)(C)C)Oc1ccc(C(C)(C)C)cc1C(C)(C)C. The first-order valence-corrected chi connectivity index (χ1v) is 12.9. The van der Waals surface area contributed by atoms with Crippen LogP contribution in [0.1, 0.15) is 105 Å². The Hall–Kier alpha value is -1.57. The Morgan fingerprint density at radius 2 is 0.848 bits per heavy atom. The molecule has 0 spiro atoms. The molecular weight excluding hydrogens is 427 g/mol. The van der Waals surface area contributed by atoms with Crippen molar-refractivity contribution in [1.29, 1.82) is 0 Å². The van der Waals surface area contributed by atoms with Gasteiger partial charge in [-0.15, -0.1) is 0 Å². The molecule has 0 saturated heterocycles. The molecule has 0 N–H and O–H groups in total. The largest absolute Gasteiger partial charge is 0.462 e. The molecule has 0 unspecified atom stereocenters. The van der Waals surface area contributed by atoms with Crippen LogP contribution in [0.4, 0.5) is 0 Å². The topological polar surface area (TPSA) is 27.7 Å². The van der Waals surface area contributed by atoms with E-state index in [1.807, 2.05) is 0 Å². The minimum Gasteiger partial charge on any atom is -0.417 e. The van der Waals surface area contributed by atoms with Gasteiger partial charge in [-0.05, 0) is 44.9 Å². The average Bonchev–Trinajstić information content (AvgIpc) is 2.64. The van der Waals surface area contributed by atoms with Gasteiger partial charge in [0.25, 0.3) is 0 Å². The van der Waals surface area contributed by atoms with E-state index >= 15 is 0 Å². The second-order valence-electron chi connectivity index (χ2n) is 13.0. The normalized spacial score (nSPS) is 13.4. The molecule has 33 heavy (non-hydrogen) atoms. The fourth-order valence-corrected chi connectivity index (χ4v) is 4.40. The highest BCUT2D eigenvalue weighted by Gasteiger charge is 2.28. The van der Waals surface area contributed by atoms with Crippen LogP contribution < -0.4 is 9.05 Å². The fraction of sp³-hybridized carbons (Fsp3) is 0.586. The van der Waals surface area contributed by atoms with Gasteiger partial charge in [0.1, 0.15) is 11.5 Å². The standard InChI is InChI=1S/C29H45O3P/c1-26(2,3)20-14-16-24(22(18-20)28(7,8)9)31-33(30-13)32-25-17-15-21(27(4,5)6)19-23(25)29(10,11)12/h14-19H,1-13H3. The van der Waals surface area contributed by atoms with Crippen LogP contribution in [0.25, 0.3) is 0 Å². The molecule has 0 radical (unpaired) electrons. The number of rotatable bonds is 5. The van der Waals surface area contributed by atoms with Crippen molar-refractivity contribution in [2.75, 3.05) is 7.11 Å². The van der Waals surface area contributed by atoms with Crippen LogP contribution in [0.2, 0.25) is 0 Å². The maximum Gasteiger partial charge on any atom is 0.462 e. The van der Waals surface area contributed by atoms with Gasteiger partial charge >= 0.3 is 8.60 Å². The molecule has 2 aromatic carbocycles. The van der Waals surface area contributed by atoms with Gasteiger partial charge in [-0.25, -0.2) is 0 Å². The molecule has 2 aromatic rings. The van der Waals surface area contributed by atoms with E-state index < -0.39 is 8.60 Å². The Kier molecular flexibility index (Phi) is 8.04. The number of benzene rings is 2. The minimum atomic E-state index is -1.61. The lowest BCUT2D eigenvalue weighted by molar-refractivity contribution is 0.317. The fourth-order valence-electron chi connectivity index (χ4n) is 3.58. The predicted molar refractivity (Wildman–Crippen MR) is 143 cm³/mol. The lowest BCUT2D eigenvalue weighted by atomic mass is 9.80. The molecule has 0 aliphatic rings. The Morgan fingerprint density at radius 3 is 1.09 bits per heavy atom. The highest BCUT2D eigenvalue weighted by Crippen LogP contribution is 2.47. The summed E-state index contributed by atoms with van der Waals surface area (Å²) < 4.78 is 18.5. The van der Waals surface area contributed by atoms with Crippen LogP contribution in [0.5, 0.6) is 11.5 Å². The Balaban J connectivity index is 2.44. The van der Waals surface area contributed by atoms with E-state index in [1.165, 1.54) is 11.1 Å². The van der Waals surface area contributed by atoms with E-state index in [-0.39, 0.29) is 21.7 Å². The van der Waals surface area contributed by atoms with Crippen molar-refractivity contribution in [1.82, 2.24) is 0 Å². The van der Waals surface area contributed by atoms with Crippen LogP contribution in [-0.2, 0) is 26.2 Å². The third kappa shape index (κ3) is 7.20. The monoisotopic (exact) mass is 472 g/mol. The van der Waals surface area contributed by atoms with Crippen molar-refractivity contribution in [3.8, 4) is 11.5 Å². The third-order valence-electron chi connectivity index (χ3n) is 5.80. The van der Waals surface area contributed by atoms with E-state index in [2.05, 4.69) is 119 Å². The lowest BCUT2D eigenvalue weighted by Gasteiger charge is -2.29. The van der Waals surface area contributed by atoms with E-state index in [0.29, 0.717) is 0 Å². The van der Waals surface area contributed by atoms with Crippen molar-refractivity contribution in [2.45, 2.75) is 105 Å². The van der Waals surface area contributed by atoms with Crippen LogP contribution in [0.3, 0.4) is 0 Å². The molecule has 0 aliphatic heterocycles. The highest BCUT2D eigenvalue weighted by molar-refractivity contribution is 7.42. The summed E-state index contributed by atoms with van der Waals surface area (Å²) in [5.74, 6) is 1.62. The van der Waals surface area contributed by atoms with Crippen molar-refractivity contribution in [3.05, 3.63) is 58.7 Å². The summed E-state index contributed by atoms with van der Waals surface area (Å²) in [5.41, 5.74) is 4.87. The highest BCUT2D eigenvalue weighted by atomic mass is 31.2. The van der Waals surface area contributed by atoms with Gasteiger partial charge in [0.05, 0.1) is 0 Å². The first-order chi connectivity index (χ1) is 14.8. The summed E-state index contributed by atoms with van der Waals surface area (Å²) in [6.07, 6.45) is 0. The van der Waals surface area contributed by atoms with E-state index in [4.69, 9.17) is 13.6 Å². The summed E-state index contributed by atoms with van der Waals surface area (Å²) in [5, 5.41) is 0. The molecule has 0 amide bonds. The van der Waals surface area contributed by atoms with Gasteiger partial charge in [0.2, 0.25) is 0 Å². The van der Waals surface area contributed by atoms with Crippen LogP contribution in [0, 0.1) is 0 Å². The van der Waals surface area contributed by atoms with Gasteiger partial charge in [-0.2, -0.15) is 0 Å². The molecule has 0 aromatic heterocycles. The van der Waals surface area contributed by atoms with Crippen LogP contribution in [-0.4, -0.2) is 7.11 Å². The van der Waals surface area contributed by atoms with Crippen molar-refractivity contribution in [3.63, 3.8) is 0 Å². The second kappa shape index (κ2) is 9.59. The molecule has 3 nitrogen and oxygen atoms in total. The predicted octanol–water partition coefficient (Wildman–Crippen LogP) is 9.21. The summed E-state index contributed by atoms with van der Waals surface area (Å²) in [4.78, 5) is 0. The molecule has 0 bridgehead atoms. The molecule has 0 saturated carbocycles. The van der Waals surface area contributed by atoms with Crippen molar-refractivity contribution < 1.29 is 13.6 Å². The van der Waals surface area contributed by atoms with Crippen molar-refractivity contribution in [2.24, 2.45) is 0 Å². The van der Waals surface area contributed by atoms with Gasteiger partial charge in [0, 0.05) is 18.2 Å². The van der Waals surface area contributed by atoms with E-state index in [9.17, 15) is 0 Å². The zero-order valence-electron chi connectivity index (χ0n) is 23.1. The Morgan fingerprint density at radius 1 is 0.515 bits per heavy atom. The zero-order chi connectivity index (χ0) is 25.4. The van der Waals surface area contributed by atoms with Crippen LogP contribution >= 0.6 is 8.60 Å². The van der Waals surface area contributed by atoms with E-state index in [0.717, 1.165) is 22.6 Å². The maximum atomic E-state index is 6.38. The smallest absolute Gasteiger partial charge is 0.417 e. The van der Waals surface area contributed by atoms with Crippen molar-refractivity contribution >= 4 is 8.60 Å². The molecule has 4 heteroatoms. The van der Waals surface area contributed by atoms with Gasteiger partial charge in [-0.3, -0.25) is 4.52 Å². The first-order valence-electron chi connectivity index (χ1n) is 11.8.